The van der Waals surface area contributed by atoms with Crippen molar-refractivity contribution in [3.8, 4) is 0 Å². The van der Waals surface area contributed by atoms with Gasteiger partial charge in [-0.3, -0.25) is 9.69 Å². The lowest BCUT2D eigenvalue weighted by Gasteiger charge is -2.36. The SMILES string of the molecule is CN1CC(Cc2ccc(Cl)cc2)NC(=O)[C@@H]1CO. The molecule has 1 aromatic carbocycles. The van der Waals surface area contributed by atoms with Gasteiger partial charge in [-0.15, -0.1) is 0 Å². The Morgan fingerprint density at radius 2 is 2.11 bits per heavy atom. The number of nitrogens with one attached hydrogen (secondary N) is 1. The van der Waals surface area contributed by atoms with E-state index in [2.05, 4.69) is 5.32 Å². The molecular formula is C13H17ClN2O2. The van der Waals surface area contributed by atoms with Gasteiger partial charge in [0, 0.05) is 17.6 Å². The minimum atomic E-state index is -0.425. The number of amides is 1. The Hall–Kier alpha value is -1.10. The number of hydrogen-bond donors (Lipinski definition) is 2. The number of carbonyl (C=O) groups excluding carboxylic acids is 1. The van der Waals surface area contributed by atoms with Crippen LogP contribution in [0, 0.1) is 0 Å². The van der Waals surface area contributed by atoms with Crippen molar-refractivity contribution in [3.05, 3.63) is 34.9 Å². The van der Waals surface area contributed by atoms with Crippen LogP contribution in [0.2, 0.25) is 5.02 Å². The minimum Gasteiger partial charge on any atom is -0.394 e. The standard InChI is InChI=1S/C13H17ClN2O2/c1-16-7-11(15-13(18)12(16)8-17)6-9-2-4-10(14)5-3-9/h2-5,11-12,17H,6-8H2,1H3,(H,15,18)/t11?,12-/m0/s1. The molecule has 1 amide bonds. The van der Waals surface area contributed by atoms with E-state index in [9.17, 15) is 4.79 Å². The van der Waals surface area contributed by atoms with Gasteiger partial charge in [-0.1, -0.05) is 23.7 Å². The molecule has 5 heteroatoms. The van der Waals surface area contributed by atoms with Crippen LogP contribution in [-0.2, 0) is 11.2 Å². The third kappa shape index (κ3) is 3.02. The fourth-order valence-corrected chi connectivity index (χ4v) is 2.39. The van der Waals surface area contributed by atoms with Crippen LogP contribution in [0.15, 0.2) is 24.3 Å². The minimum absolute atomic E-state index is 0.0754. The van der Waals surface area contributed by atoms with E-state index >= 15 is 0 Å². The van der Waals surface area contributed by atoms with Crippen molar-refractivity contribution in [1.29, 1.82) is 0 Å². The molecule has 2 N–H and O–H groups in total. The quantitative estimate of drug-likeness (QED) is 0.847. The number of hydrogen-bond acceptors (Lipinski definition) is 3. The number of piperazine rings is 1. The van der Waals surface area contributed by atoms with Gasteiger partial charge in [0.1, 0.15) is 6.04 Å². The summed E-state index contributed by atoms with van der Waals surface area (Å²) in [7, 11) is 1.86. The van der Waals surface area contributed by atoms with Crippen LogP contribution in [-0.4, -0.2) is 48.2 Å². The van der Waals surface area contributed by atoms with E-state index in [0.29, 0.717) is 5.02 Å². The molecule has 1 aromatic rings. The highest BCUT2D eigenvalue weighted by Crippen LogP contribution is 2.13. The lowest BCUT2D eigenvalue weighted by molar-refractivity contribution is -0.131. The summed E-state index contributed by atoms with van der Waals surface area (Å²) >= 11 is 5.83. The fourth-order valence-electron chi connectivity index (χ4n) is 2.26. The van der Waals surface area contributed by atoms with Crippen LogP contribution >= 0.6 is 11.6 Å². The average Bonchev–Trinajstić information content (AvgIpc) is 2.32. The predicted octanol–water partition coefficient (Wildman–Crippen LogP) is 0.674. The van der Waals surface area contributed by atoms with E-state index in [1.807, 2.05) is 36.2 Å². The maximum absolute atomic E-state index is 11.8. The van der Waals surface area contributed by atoms with Gasteiger partial charge < -0.3 is 10.4 Å². The molecule has 4 nitrogen and oxygen atoms in total. The summed E-state index contributed by atoms with van der Waals surface area (Å²) in [5.74, 6) is -0.106. The van der Waals surface area contributed by atoms with Gasteiger partial charge in [0.05, 0.1) is 6.61 Å². The Balaban J connectivity index is 1.99. The number of aliphatic hydroxyl groups is 1. The van der Waals surface area contributed by atoms with E-state index < -0.39 is 6.04 Å². The molecule has 0 radical (unpaired) electrons. The van der Waals surface area contributed by atoms with E-state index in [1.165, 1.54) is 0 Å². The molecule has 2 atom stereocenters. The molecule has 0 aliphatic carbocycles. The highest BCUT2D eigenvalue weighted by molar-refractivity contribution is 6.30. The van der Waals surface area contributed by atoms with Crippen LogP contribution < -0.4 is 5.32 Å². The largest absolute Gasteiger partial charge is 0.394 e. The smallest absolute Gasteiger partial charge is 0.240 e. The normalized spacial score (nSPS) is 24.9. The second kappa shape index (κ2) is 5.69. The summed E-state index contributed by atoms with van der Waals surface area (Å²) in [6.45, 7) is 0.593. The van der Waals surface area contributed by atoms with Crippen molar-refractivity contribution >= 4 is 17.5 Å². The van der Waals surface area contributed by atoms with Crippen molar-refractivity contribution in [2.24, 2.45) is 0 Å². The molecule has 1 heterocycles. The van der Waals surface area contributed by atoms with Gasteiger partial charge in [-0.25, -0.2) is 0 Å². The lowest BCUT2D eigenvalue weighted by Crippen LogP contribution is -2.60. The van der Waals surface area contributed by atoms with Gasteiger partial charge in [0.15, 0.2) is 0 Å². The van der Waals surface area contributed by atoms with Crippen LogP contribution in [0.5, 0.6) is 0 Å². The van der Waals surface area contributed by atoms with Gasteiger partial charge in [-0.2, -0.15) is 0 Å². The zero-order chi connectivity index (χ0) is 13.1. The highest BCUT2D eigenvalue weighted by atomic mass is 35.5. The summed E-state index contributed by atoms with van der Waals surface area (Å²) in [6.07, 6.45) is 0.769. The molecule has 1 saturated heterocycles. The number of rotatable bonds is 3. The zero-order valence-corrected chi connectivity index (χ0v) is 11.0. The number of carbonyl (C=O) groups is 1. The molecule has 2 rings (SSSR count). The zero-order valence-electron chi connectivity index (χ0n) is 10.3. The van der Waals surface area contributed by atoms with E-state index in [4.69, 9.17) is 16.7 Å². The van der Waals surface area contributed by atoms with Gasteiger partial charge in [0.25, 0.3) is 0 Å². The van der Waals surface area contributed by atoms with Crippen LogP contribution in [0.3, 0.4) is 0 Å². The summed E-state index contributed by atoms with van der Waals surface area (Å²) < 4.78 is 0. The third-order valence-electron chi connectivity index (χ3n) is 3.26. The lowest BCUT2D eigenvalue weighted by atomic mass is 10.0. The second-order valence-electron chi connectivity index (χ2n) is 4.67. The molecule has 1 unspecified atom stereocenters. The van der Waals surface area contributed by atoms with Crippen molar-refractivity contribution in [3.63, 3.8) is 0 Å². The molecule has 0 aromatic heterocycles. The first-order valence-corrected chi connectivity index (χ1v) is 6.34. The Kier molecular flexibility index (Phi) is 4.22. The summed E-state index contributed by atoms with van der Waals surface area (Å²) in [5.41, 5.74) is 1.14. The molecule has 1 aliphatic rings. The molecule has 18 heavy (non-hydrogen) atoms. The first-order valence-electron chi connectivity index (χ1n) is 5.96. The molecule has 1 aliphatic heterocycles. The first-order chi connectivity index (χ1) is 8.60. The summed E-state index contributed by atoms with van der Waals surface area (Å²) in [6, 6.07) is 7.28. The molecule has 0 saturated carbocycles. The third-order valence-corrected chi connectivity index (χ3v) is 3.51. The monoisotopic (exact) mass is 268 g/mol. The highest BCUT2D eigenvalue weighted by Gasteiger charge is 2.31. The Morgan fingerprint density at radius 3 is 2.67 bits per heavy atom. The van der Waals surface area contributed by atoms with E-state index in [0.717, 1.165) is 18.5 Å². The molecular weight excluding hydrogens is 252 g/mol. The molecule has 0 bridgehead atoms. The van der Waals surface area contributed by atoms with Crippen molar-refractivity contribution < 1.29 is 9.90 Å². The topological polar surface area (TPSA) is 52.6 Å². The van der Waals surface area contributed by atoms with E-state index in [-0.39, 0.29) is 18.6 Å². The van der Waals surface area contributed by atoms with Crippen molar-refractivity contribution in [1.82, 2.24) is 10.2 Å². The van der Waals surface area contributed by atoms with E-state index in [1.54, 1.807) is 0 Å². The average molecular weight is 269 g/mol. The van der Waals surface area contributed by atoms with Crippen LogP contribution in [0.1, 0.15) is 5.56 Å². The number of benzene rings is 1. The molecule has 98 valence electrons. The predicted molar refractivity (Wildman–Crippen MR) is 70.6 cm³/mol. The first kappa shape index (κ1) is 13.3. The number of aliphatic hydroxyl groups excluding tert-OH is 1. The number of halogens is 1. The Labute approximate surface area is 112 Å². The molecule has 1 fully saturated rings. The molecule has 0 spiro atoms. The number of nitrogens with zero attached hydrogens (tertiary/aromatic N) is 1. The van der Waals surface area contributed by atoms with Crippen LogP contribution in [0.4, 0.5) is 0 Å². The van der Waals surface area contributed by atoms with Gasteiger partial charge >= 0.3 is 0 Å². The Morgan fingerprint density at radius 1 is 1.44 bits per heavy atom. The Bertz CT molecular complexity index is 422. The van der Waals surface area contributed by atoms with Gasteiger partial charge in [-0.05, 0) is 31.2 Å². The second-order valence-corrected chi connectivity index (χ2v) is 5.11. The van der Waals surface area contributed by atoms with Crippen molar-refractivity contribution in [2.45, 2.75) is 18.5 Å². The summed E-state index contributed by atoms with van der Waals surface area (Å²) in [4.78, 5) is 13.6. The fraction of sp³-hybridized carbons (Fsp3) is 0.462. The maximum Gasteiger partial charge on any atom is 0.240 e. The maximum atomic E-state index is 11.8. The van der Waals surface area contributed by atoms with Crippen molar-refractivity contribution in [2.75, 3.05) is 20.2 Å². The summed E-state index contributed by atoms with van der Waals surface area (Å²) in [5, 5.41) is 12.8. The number of likely N-dealkylation sites (N-methyl/N-ethyl adjacent to an activating group) is 1. The van der Waals surface area contributed by atoms with Crippen LogP contribution in [0.25, 0.3) is 0 Å². The van der Waals surface area contributed by atoms with Gasteiger partial charge in [0.2, 0.25) is 5.91 Å².